The highest BCUT2D eigenvalue weighted by Crippen LogP contribution is 2.41. The Morgan fingerprint density at radius 1 is 0.387 bits per heavy atom. The van der Waals surface area contributed by atoms with Crippen molar-refractivity contribution in [3.05, 3.63) is 177 Å². The summed E-state index contributed by atoms with van der Waals surface area (Å²) in [6, 6.07) is 1.72. The van der Waals surface area contributed by atoms with Crippen LogP contribution in [0.25, 0.3) is 0 Å². The summed E-state index contributed by atoms with van der Waals surface area (Å²) in [6.07, 6.45) is -43.8. The molecule has 0 N–H and O–H groups in total. The number of hydrogen-bond donors (Lipinski definition) is 0. The molecule has 0 amide bonds. The van der Waals surface area contributed by atoms with E-state index in [0.29, 0.717) is 0 Å². The van der Waals surface area contributed by atoms with Gasteiger partial charge in [0, 0.05) is 5.56 Å². The first-order valence-corrected chi connectivity index (χ1v) is 21.4. The number of hydrogen-bond acceptors (Lipinski definition) is 1. The smallest absolute Gasteiger partial charge is 0.249 e. The van der Waals surface area contributed by atoms with Gasteiger partial charge in [0.25, 0.3) is 0 Å². The van der Waals surface area contributed by atoms with E-state index in [2.05, 4.69) is 53.0 Å². The number of rotatable bonds is 10. The Kier molecular flexibility index (Phi) is 16.9. The molecule has 0 aliphatic rings. The lowest BCUT2D eigenvalue weighted by Gasteiger charge is -2.46. The lowest BCUT2D eigenvalue weighted by Crippen LogP contribution is -2.75. The summed E-state index contributed by atoms with van der Waals surface area (Å²) in [5.41, 5.74) is -27.7. The van der Waals surface area contributed by atoms with Crippen LogP contribution in [0.15, 0.2) is 122 Å². The maximum absolute atomic E-state index is 14.2. The van der Waals surface area contributed by atoms with Crippen LogP contribution in [-0.2, 0) is 62.4 Å². The fourth-order valence-electron chi connectivity index (χ4n) is 8.13. The van der Waals surface area contributed by atoms with Gasteiger partial charge in [-0.15, -0.1) is 0 Å². The third-order valence-electron chi connectivity index (χ3n) is 11.5. The van der Waals surface area contributed by atoms with Crippen molar-refractivity contribution in [2.75, 3.05) is 0 Å². The number of nitrogens with zero attached hydrogens (tertiary/aromatic N) is 2. The molecule has 6 aromatic rings. The van der Waals surface area contributed by atoms with Crippen molar-refractivity contribution in [1.29, 1.82) is 0 Å². The molecule has 75 heavy (non-hydrogen) atoms. The van der Waals surface area contributed by atoms with E-state index in [1.54, 1.807) is 0 Å². The van der Waals surface area contributed by atoms with Crippen molar-refractivity contribution in [2.24, 2.45) is 0 Å². The molecule has 0 bridgehead atoms. The molecule has 0 unspecified atom stereocenters. The molecule has 0 aliphatic carbocycles. The fraction of sp³-hybridized carbons (Fsp3) is 0.292. The Morgan fingerprint density at radius 3 is 0.920 bits per heavy atom. The number of benzene rings is 5. The quantitative estimate of drug-likeness (QED) is 0.0578. The third kappa shape index (κ3) is 14.7. The van der Waals surface area contributed by atoms with Gasteiger partial charge in [-0.3, -0.25) is 0 Å². The predicted molar refractivity (Wildman–Crippen MR) is 223 cm³/mol. The van der Waals surface area contributed by atoms with Crippen molar-refractivity contribution in [3.63, 3.8) is 0 Å². The number of halogens is 24. The molecule has 27 heteroatoms. The number of alkyl halides is 24. The van der Waals surface area contributed by atoms with Crippen LogP contribution in [0.5, 0.6) is 0 Å². The highest BCUT2D eigenvalue weighted by atomic mass is 19.4. The van der Waals surface area contributed by atoms with Crippen molar-refractivity contribution >= 4 is 28.0 Å². The lowest BCUT2D eigenvalue weighted by atomic mass is 9.12. The van der Waals surface area contributed by atoms with Crippen molar-refractivity contribution in [3.8, 4) is 0 Å². The number of aryl methyl sites for hydroxylation is 1. The van der Waals surface area contributed by atoms with Gasteiger partial charge in [0.1, 0.15) is 11.8 Å². The second-order valence-electron chi connectivity index (χ2n) is 16.9. The summed E-state index contributed by atoms with van der Waals surface area (Å²) in [5.74, 6) is 0. The van der Waals surface area contributed by atoms with Crippen LogP contribution < -0.4 is 26.4 Å². The Bertz CT molecular complexity index is 2490. The van der Waals surface area contributed by atoms with E-state index in [1.165, 1.54) is 30.5 Å². The minimum absolute atomic E-state index is 0.691. The van der Waals surface area contributed by atoms with Gasteiger partial charge in [-0.25, -0.2) is 4.98 Å². The van der Waals surface area contributed by atoms with Gasteiger partial charge in [0.15, 0.2) is 18.9 Å². The van der Waals surface area contributed by atoms with Crippen molar-refractivity contribution in [2.45, 2.75) is 88.6 Å². The Hall–Kier alpha value is -6.44. The Labute approximate surface area is 408 Å². The Morgan fingerprint density at radius 2 is 0.667 bits per heavy atom. The summed E-state index contributed by atoms with van der Waals surface area (Å²) < 4.78 is 343. The molecule has 0 radical (unpaired) electrons. The van der Waals surface area contributed by atoms with Crippen LogP contribution in [0.2, 0.25) is 0 Å². The topological polar surface area (TPSA) is 16.8 Å². The zero-order valence-corrected chi connectivity index (χ0v) is 37.6. The zero-order chi connectivity index (χ0) is 56.5. The van der Waals surface area contributed by atoms with E-state index >= 15 is 0 Å². The van der Waals surface area contributed by atoms with Gasteiger partial charge in [0.05, 0.1) is 50.7 Å². The van der Waals surface area contributed by atoms with E-state index in [-0.39, 0.29) is 0 Å². The SMILES string of the molecule is CCCCCc1c[n+](Cc2ccccc2)ccn1.FC(F)(F)c1cc([B-](c2cc(C(F)(F)F)cc(C(F)(F)F)c2)(c2cc(C(F)(F)F)cc(C(F)(F)F)c2)c2cc(C(F)(F)F)cc(C(F)(F)F)c2)cc(C(F)(F)F)c1. The van der Waals surface area contributed by atoms with Crippen molar-refractivity contribution < 1.29 is 110 Å². The highest BCUT2D eigenvalue weighted by Gasteiger charge is 2.47. The van der Waals surface area contributed by atoms with Crippen molar-refractivity contribution in [1.82, 2.24) is 4.98 Å². The van der Waals surface area contributed by atoms with Gasteiger partial charge < -0.3 is 0 Å². The van der Waals surface area contributed by atoms with Gasteiger partial charge in [-0.05, 0) is 37.1 Å². The normalized spacial score (nSPS) is 13.4. The largest absolute Gasteiger partial charge is 0.416 e. The van der Waals surface area contributed by atoms with Crippen LogP contribution in [0.1, 0.15) is 82.0 Å². The minimum Gasteiger partial charge on any atom is -0.249 e. The van der Waals surface area contributed by atoms with Crippen LogP contribution in [-0.4, -0.2) is 11.1 Å². The van der Waals surface area contributed by atoms with E-state index in [1.807, 2.05) is 12.4 Å². The fourth-order valence-corrected chi connectivity index (χ4v) is 8.13. The summed E-state index contributed by atoms with van der Waals surface area (Å²) in [5, 5.41) is 0. The highest BCUT2D eigenvalue weighted by molar-refractivity contribution is 7.20. The van der Waals surface area contributed by atoms with Gasteiger partial charge in [0.2, 0.25) is 0 Å². The molecule has 2 nitrogen and oxygen atoms in total. The van der Waals surface area contributed by atoms with Gasteiger partial charge in [-0.2, -0.15) is 132 Å². The molecular formula is C48H33BF24N2. The number of aromatic nitrogens is 2. The first kappa shape index (κ1) is 59.4. The monoisotopic (exact) mass is 1100 g/mol. The third-order valence-corrected chi connectivity index (χ3v) is 11.5. The van der Waals surface area contributed by atoms with Crippen LogP contribution in [0, 0.1) is 0 Å². The van der Waals surface area contributed by atoms with Crippen LogP contribution in [0.4, 0.5) is 105 Å². The first-order valence-electron chi connectivity index (χ1n) is 21.4. The van der Waals surface area contributed by atoms with Crippen LogP contribution >= 0.6 is 0 Å². The molecule has 0 aliphatic heterocycles. The molecule has 0 atom stereocenters. The molecular weight excluding hydrogens is 1070 g/mol. The molecule has 1 aromatic heterocycles. The Balaban J connectivity index is 0.000000483. The van der Waals surface area contributed by atoms with E-state index in [9.17, 15) is 105 Å². The molecule has 0 saturated carbocycles. The molecule has 1 heterocycles. The molecule has 0 spiro atoms. The van der Waals surface area contributed by atoms with E-state index in [4.69, 9.17) is 0 Å². The summed E-state index contributed by atoms with van der Waals surface area (Å²) >= 11 is 0. The average Bonchev–Trinajstić information content (AvgIpc) is 3.27. The van der Waals surface area contributed by atoms with E-state index < -0.39 is 195 Å². The zero-order valence-electron chi connectivity index (χ0n) is 37.6. The summed E-state index contributed by atoms with van der Waals surface area (Å²) in [6.45, 7) is 3.15. The van der Waals surface area contributed by atoms with Crippen LogP contribution in [0.3, 0.4) is 0 Å². The number of unbranched alkanes of at least 4 members (excludes halogenated alkanes) is 2. The average molecular weight is 1100 g/mol. The molecule has 5 aromatic carbocycles. The van der Waals surface area contributed by atoms with Gasteiger partial charge >= 0.3 is 49.4 Å². The summed E-state index contributed by atoms with van der Waals surface area (Å²) in [4.78, 5) is 4.43. The van der Waals surface area contributed by atoms with E-state index in [0.717, 1.165) is 13.0 Å². The maximum Gasteiger partial charge on any atom is 0.416 e. The van der Waals surface area contributed by atoms with Gasteiger partial charge in [-0.1, -0.05) is 98.6 Å². The second kappa shape index (κ2) is 21.3. The standard InChI is InChI=1S/C32H12BF24.C16H21N2/c34-25(35,36)13-1-14(26(37,38)39)6-21(5-13)33(22-7-15(27(40,41)42)2-16(8-22)28(43,44)45,23-9-17(29(46,47)48)3-18(10-23)30(49,50)51)24-11-19(31(52,53)54)4-20(12-24)32(55,56)57;1-2-3-5-10-16-14-18(12-11-17-16)13-15-8-6-4-7-9-15/h1-12H;4,6-9,11-12,14H,2-3,5,10,13H2,1H3/q-1;+1. The molecule has 0 saturated heterocycles. The first-order chi connectivity index (χ1) is 34.1. The summed E-state index contributed by atoms with van der Waals surface area (Å²) in [7, 11) is 0. The molecule has 0 fully saturated rings. The second-order valence-corrected chi connectivity index (χ2v) is 16.9. The maximum atomic E-state index is 14.2. The predicted octanol–water partition coefficient (Wildman–Crippen LogP) is 14.4. The lowest BCUT2D eigenvalue weighted by molar-refractivity contribution is -0.689. The molecule has 6 rings (SSSR count). The minimum atomic E-state index is -6.13. The molecule has 406 valence electrons.